The number of unbranched alkanes of at least 4 members (excludes halogenated alkanes) is 1. The molecule has 1 atom stereocenters. The third kappa shape index (κ3) is 9.52. The van der Waals surface area contributed by atoms with E-state index >= 15 is 0 Å². The summed E-state index contributed by atoms with van der Waals surface area (Å²) in [5, 5.41) is 6.68. The van der Waals surface area contributed by atoms with E-state index in [1.165, 1.54) is 12.8 Å². The minimum atomic E-state index is 0. The fourth-order valence-electron chi connectivity index (χ4n) is 2.40. The number of rotatable bonds is 7. The van der Waals surface area contributed by atoms with Crippen molar-refractivity contribution in [2.24, 2.45) is 10.9 Å². The Morgan fingerprint density at radius 2 is 2.14 bits per heavy atom. The minimum Gasteiger partial charge on any atom is -0.374 e. The van der Waals surface area contributed by atoms with Gasteiger partial charge in [0.2, 0.25) is 0 Å². The molecule has 0 spiro atoms. The molecule has 1 aliphatic rings. The molecule has 21 heavy (non-hydrogen) atoms. The van der Waals surface area contributed by atoms with Gasteiger partial charge in [0.25, 0.3) is 0 Å². The molecule has 1 fully saturated rings. The Morgan fingerprint density at radius 3 is 2.76 bits per heavy atom. The number of guanidine groups is 1. The van der Waals surface area contributed by atoms with Crippen molar-refractivity contribution in [1.82, 2.24) is 15.5 Å². The third-order valence-corrected chi connectivity index (χ3v) is 3.39. The molecule has 0 bridgehead atoms. The molecule has 5 nitrogen and oxygen atoms in total. The highest BCUT2D eigenvalue weighted by atomic mass is 127. The average Bonchev–Trinajstić information content (AvgIpc) is 2.42. The molecular formula is C15H33IN4O. The minimum absolute atomic E-state index is 0. The SMILES string of the molecule is CCCCNC(=NC)NCC1CN(CC(C)C)CCO1.I. The van der Waals surface area contributed by atoms with Gasteiger partial charge in [0.05, 0.1) is 12.7 Å². The summed E-state index contributed by atoms with van der Waals surface area (Å²) in [6.45, 7) is 12.6. The van der Waals surface area contributed by atoms with E-state index in [4.69, 9.17) is 4.74 Å². The molecule has 0 radical (unpaired) electrons. The fraction of sp³-hybridized carbons (Fsp3) is 0.933. The first-order chi connectivity index (χ1) is 9.65. The topological polar surface area (TPSA) is 48.9 Å². The monoisotopic (exact) mass is 412 g/mol. The third-order valence-electron chi connectivity index (χ3n) is 3.39. The van der Waals surface area contributed by atoms with Crippen LogP contribution in [0.1, 0.15) is 33.6 Å². The molecular weight excluding hydrogens is 379 g/mol. The van der Waals surface area contributed by atoms with E-state index in [0.717, 1.165) is 45.3 Å². The normalized spacial score (nSPS) is 20.2. The van der Waals surface area contributed by atoms with E-state index in [1.54, 1.807) is 0 Å². The van der Waals surface area contributed by atoms with Crippen molar-refractivity contribution in [2.45, 2.75) is 39.7 Å². The van der Waals surface area contributed by atoms with Gasteiger partial charge in [-0.25, -0.2) is 0 Å². The van der Waals surface area contributed by atoms with Crippen LogP contribution >= 0.6 is 24.0 Å². The highest BCUT2D eigenvalue weighted by Gasteiger charge is 2.20. The predicted octanol–water partition coefficient (Wildman–Crippen LogP) is 1.93. The molecule has 1 rings (SSSR count). The van der Waals surface area contributed by atoms with E-state index in [0.29, 0.717) is 5.92 Å². The first-order valence-electron chi connectivity index (χ1n) is 7.94. The smallest absolute Gasteiger partial charge is 0.191 e. The molecule has 0 aromatic rings. The van der Waals surface area contributed by atoms with Crippen molar-refractivity contribution in [3.8, 4) is 0 Å². The van der Waals surface area contributed by atoms with Crippen LogP contribution < -0.4 is 10.6 Å². The lowest BCUT2D eigenvalue weighted by molar-refractivity contribution is -0.0284. The molecule has 0 amide bonds. The first-order valence-corrected chi connectivity index (χ1v) is 7.94. The summed E-state index contributed by atoms with van der Waals surface area (Å²) in [5.41, 5.74) is 0. The molecule has 126 valence electrons. The second-order valence-corrected chi connectivity index (χ2v) is 5.88. The molecule has 0 aliphatic carbocycles. The number of aliphatic imine (C=N–C) groups is 1. The van der Waals surface area contributed by atoms with Crippen LogP contribution in [0.5, 0.6) is 0 Å². The van der Waals surface area contributed by atoms with Crippen LogP contribution in [0.3, 0.4) is 0 Å². The van der Waals surface area contributed by atoms with E-state index in [-0.39, 0.29) is 30.1 Å². The number of hydrogen-bond donors (Lipinski definition) is 2. The van der Waals surface area contributed by atoms with E-state index in [2.05, 4.69) is 41.3 Å². The molecule has 1 saturated heterocycles. The zero-order valence-electron chi connectivity index (χ0n) is 14.0. The number of nitrogens with zero attached hydrogens (tertiary/aromatic N) is 2. The van der Waals surface area contributed by atoms with Gasteiger partial charge in [-0.2, -0.15) is 0 Å². The van der Waals surface area contributed by atoms with Gasteiger partial charge in [-0.15, -0.1) is 24.0 Å². The molecule has 1 heterocycles. The Balaban J connectivity index is 0.00000400. The summed E-state index contributed by atoms with van der Waals surface area (Å²) in [7, 11) is 1.81. The van der Waals surface area contributed by atoms with Crippen LogP contribution in [0.25, 0.3) is 0 Å². The number of nitrogens with one attached hydrogen (secondary N) is 2. The standard InChI is InChI=1S/C15H32N4O.HI/c1-5-6-7-17-15(16-4)18-10-14-12-19(8-9-20-14)11-13(2)3;/h13-14H,5-12H2,1-4H3,(H2,16,17,18);1H. The Kier molecular flexibility index (Phi) is 12.4. The van der Waals surface area contributed by atoms with Crippen molar-refractivity contribution in [2.75, 3.05) is 46.4 Å². The van der Waals surface area contributed by atoms with Crippen LogP contribution in [-0.2, 0) is 4.74 Å². The highest BCUT2D eigenvalue weighted by molar-refractivity contribution is 14.0. The van der Waals surface area contributed by atoms with Crippen molar-refractivity contribution in [3.63, 3.8) is 0 Å². The van der Waals surface area contributed by atoms with Gasteiger partial charge in [-0.3, -0.25) is 9.89 Å². The summed E-state index contributed by atoms with van der Waals surface area (Å²) in [6.07, 6.45) is 2.62. The molecule has 2 N–H and O–H groups in total. The molecule has 0 saturated carbocycles. The van der Waals surface area contributed by atoms with Gasteiger partial charge < -0.3 is 15.4 Å². The van der Waals surface area contributed by atoms with Gasteiger partial charge in [-0.1, -0.05) is 27.2 Å². The molecule has 0 aromatic heterocycles. The molecule has 1 unspecified atom stereocenters. The Morgan fingerprint density at radius 1 is 1.38 bits per heavy atom. The second-order valence-electron chi connectivity index (χ2n) is 5.88. The van der Waals surface area contributed by atoms with Crippen molar-refractivity contribution >= 4 is 29.9 Å². The lowest BCUT2D eigenvalue weighted by Gasteiger charge is -2.34. The van der Waals surface area contributed by atoms with Gasteiger partial charge in [0.1, 0.15) is 0 Å². The van der Waals surface area contributed by atoms with Crippen LogP contribution in [0.4, 0.5) is 0 Å². The molecule has 1 aliphatic heterocycles. The Hall–Kier alpha value is -0.0800. The zero-order valence-corrected chi connectivity index (χ0v) is 16.4. The number of halogens is 1. The lowest BCUT2D eigenvalue weighted by atomic mass is 10.2. The second kappa shape index (κ2) is 12.5. The van der Waals surface area contributed by atoms with Gasteiger partial charge in [0, 0.05) is 39.8 Å². The molecule has 6 heteroatoms. The maximum absolute atomic E-state index is 5.82. The van der Waals surface area contributed by atoms with Crippen molar-refractivity contribution < 1.29 is 4.74 Å². The summed E-state index contributed by atoms with van der Waals surface area (Å²) in [6, 6.07) is 0. The van der Waals surface area contributed by atoms with Gasteiger partial charge in [-0.05, 0) is 12.3 Å². The summed E-state index contributed by atoms with van der Waals surface area (Å²) in [5.74, 6) is 1.59. The number of morpholine rings is 1. The largest absolute Gasteiger partial charge is 0.374 e. The Bertz CT molecular complexity index is 287. The van der Waals surface area contributed by atoms with Crippen molar-refractivity contribution in [3.05, 3.63) is 0 Å². The van der Waals surface area contributed by atoms with Crippen molar-refractivity contribution in [1.29, 1.82) is 0 Å². The predicted molar refractivity (Wildman–Crippen MR) is 101 cm³/mol. The van der Waals surface area contributed by atoms with Crippen LogP contribution in [0.15, 0.2) is 4.99 Å². The van der Waals surface area contributed by atoms with Crippen LogP contribution in [0, 0.1) is 5.92 Å². The maximum atomic E-state index is 5.82. The number of hydrogen-bond acceptors (Lipinski definition) is 3. The summed E-state index contributed by atoms with van der Waals surface area (Å²) < 4.78 is 5.82. The van der Waals surface area contributed by atoms with E-state index < -0.39 is 0 Å². The van der Waals surface area contributed by atoms with Gasteiger partial charge in [0.15, 0.2) is 5.96 Å². The quantitative estimate of drug-likeness (QED) is 0.290. The Labute approximate surface area is 147 Å². The average molecular weight is 412 g/mol. The summed E-state index contributed by atoms with van der Waals surface area (Å²) in [4.78, 5) is 6.73. The summed E-state index contributed by atoms with van der Waals surface area (Å²) >= 11 is 0. The van der Waals surface area contributed by atoms with E-state index in [1.807, 2.05) is 7.05 Å². The van der Waals surface area contributed by atoms with Crippen LogP contribution in [0.2, 0.25) is 0 Å². The first kappa shape index (κ1) is 20.9. The fourth-order valence-corrected chi connectivity index (χ4v) is 2.40. The van der Waals surface area contributed by atoms with Gasteiger partial charge >= 0.3 is 0 Å². The number of ether oxygens (including phenoxy) is 1. The maximum Gasteiger partial charge on any atom is 0.191 e. The highest BCUT2D eigenvalue weighted by Crippen LogP contribution is 2.07. The lowest BCUT2D eigenvalue weighted by Crippen LogP contribution is -2.50. The zero-order chi connectivity index (χ0) is 14.8. The van der Waals surface area contributed by atoms with E-state index in [9.17, 15) is 0 Å². The molecule has 0 aromatic carbocycles. The van der Waals surface area contributed by atoms with Crippen LogP contribution in [-0.4, -0.2) is 63.3 Å².